The van der Waals surface area contributed by atoms with Crippen LogP contribution in [0.3, 0.4) is 0 Å². The van der Waals surface area contributed by atoms with E-state index in [0.717, 1.165) is 12.0 Å². The van der Waals surface area contributed by atoms with Crippen molar-refractivity contribution in [1.82, 2.24) is 9.88 Å². The minimum atomic E-state index is -0.168. The molecule has 0 fully saturated rings. The molecule has 0 aliphatic rings. The Morgan fingerprint density at radius 1 is 1.04 bits per heavy atom. The first-order valence-corrected chi connectivity index (χ1v) is 9.09. The molecule has 28 heavy (non-hydrogen) atoms. The zero-order valence-electron chi connectivity index (χ0n) is 16.8. The Labute approximate surface area is 165 Å². The number of ether oxygens (including phenoxy) is 2. The van der Waals surface area contributed by atoms with Crippen molar-refractivity contribution in [3.8, 4) is 11.5 Å². The van der Waals surface area contributed by atoms with E-state index in [1.165, 1.54) is 11.8 Å². The Kier molecular flexibility index (Phi) is 7.80. The van der Waals surface area contributed by atoms with Gasteiger partial charge in [0, 0.05) is 51.9 Å². The lowest BCUT2D eigenvalue weighted by Gasteiger charge is -2.25. The Bertz CT molecular complexity index is 795. The largest absolute Gasteiger partial charge is 0.497 e. The number of methoxy groups -OCH3 is 2. The van der Waals surface area contributed by atoms with Crippen molar-refractivity contribution < 1.29 is 19.1 Å². The van der Waals surface area contributed by atoms with E-state index in [1.54, 1.807) is 56.8 Å². The molecule has 2 amide bonds. The van der Waals surface area contributed by atoms with E-state index in [4.69, 9.17) is 9.47 Å². The summed E-state index contributed by atoms with van der Waals surface area (Å²) < 4.78 is 10.6. The van der Waals surface area contributed by atoms with Crippen LogP contribution in [0, 0.1) is 0 Å². The zero-order valence-corrected chi connectivity index (χ0v) is 16.8. The van der Waals surface area contributed by atoms with E-state index in [0.29, 0.717) is 23.7 Å². The summed E-state index contributed by atoms with van der Waals surface area (Å²) in [5.74, 6) is 0.971. The van der Waals surface area contributed by atoms with Gasteiger partial charge in [-0.15, -0.1) is 0 Å². The molecule has 0 aliphatic carbocycles. The summed E-state index contributed by atoms with van der Waals surface area (Å²) >= 11 is 0. The highest BCUT2D eigenvalue weighted by Crippen LogP contribution is 2.32. The number of amides is 2. The maximum Gasteiger partial charge on any atom is 0.224 e. The number of benzene rings is 1. The van der Waals surface area contributed by atoms with Gasteiger partial charge in [-0.05, 0) is 36.2 Å². The number of hydrogen-bond donors (Lipinski definition) is 0. The van der Waals surface area contributed by atoms with E-state index in [-0.39, 0.29) is 24.8 Å². The molecule has 0 aliphatic heterocycles. The van der Waals surface area contributed by atoms with E-state index in [1.807, 2.05) is 12.1 Å². The van der Waals surface area contributed by atoms with Crippen LogP contribution in [0.4, 0.5) is 5.69 Å². The molecule has 0 atom stereocenters. The molecule has 1 aromatic heterocycles. The molecular formula is C21H27N3O4. The molecule has 0 unspecified atom stereocenters. The molecule has 0 saturated carbocycles. The van der Waals surface area contributed by atoms with Gasteiger partial charge in [0.15, 0.2) is 0 Å². The van der Waals surface area contributed by atoms with Crippen molar-refractivity contribution >= 4 is 17.5 Å². The van der Waals surface area contributed by atoms with Crippen LogP contribution < -0.4 is 14.4 Å². The number of pyridine rings is 1. The lowest BCUT2D eigenvalue weighted by molar-refractivity contribution is -0.129. The smallest absolute Gasteiger partial charge is 0.224 e. The second-order valence-corrected chi connectivity index (χ2v) is 6.38. The van der Waals surface area contributed by atoms with E-state index in [2.05, 4.69) is 4.98 Å². The number of rotatable bonds is 9. The van der Waals surface area contributed by atoms with Gasteiger partial charge in [-0.2, -0.15) is 0 Å². The molecule has 0 bridgehead atoms. The average Bonchev–Trinajstić information content (AvgIpc) is 2.72. The van der Waals surface area contributed by atoms with Crippen molar-refractivity contribution in [2.24, 2.45) is 0 Å². The summed E-state index contributed by atoms with van der Waals surface area (Å²) in [6.07, 6.45) is 4.45. The number of nitrogens with zero attached hydrogens (tertiary/aromatic N) is 3. The summed E-state index contributed by atoms with van der Waals surface area (Å²) in [7, 11) is 4.88. The quantitative estimate of drug-likeness (QED) is 0.663. The molecule has 0 N–H and O–H groups in total. The van der Waals surface area contributed by atoms with Crippen LogP contribution in [0.15, 0.2) is 42.7 Å². The first kappa shape index (κ1) is 21.2. The third kappa shape index (κ3) is 5.70. The van der Waals surface area contributed by atoms with Crippen molar-refractivity contribution in [1.29, 1.82) is 0 Å². The summed E-state index contributed by atoms with van der Waals surface area (Å²) in [4.78, 5) is 31.9. The van der Waals surface area contributed by atoms with Crippen LogP contribution in [0.2, 0.25) is 0 Å². The molecular weight excluding hydrogens is 358 g/mol. The first-order chi connectivity index (χ1) is 13.5. The molecule has 0 spiro atoms. The third-order valence-corrected chi connectivity index (χ3v) is 4.52. The van der Waals surface area contributed by atoms with Crippen LogP contribution in [0.1, 0.15) is 18.9 Å². The highest BCUT2D eigenvalue weighted by molar-refractivity contribution is 5.94. The summed E-state index contributed by atoms with van der Waals surface area (Å²) in [6.45, 7) is 2.33. The third-order valence-electron chi connectivity index (χ3n) is 4.52. The number of carbonyl (C=O) groups is 2. The van der Waals surface area contributed by atoms with Crippen molar-refractivity contribution in [2.75, 3.05) is 39.3 Å². The first-order valence-electron chi connectivity index (χ1n) is 9.09. The average molecular weight is 385 g/mol. The molecule has 0 radical (unpaired) electrons. The maximum absolute atomic E-state index is 12.5. The molecule has 2 aromatic rings. The second kappa shape index (κ2) is 10.3. The fourth-order valence-electron chi connectivity index (χ4n) is 2.82. The second-order valence-electron chi connectivity index (χ2n) is 6.38. The van der Waals surface area contributed by atoms with Gasteiger partial charge in [-0.1, -0.05) is 0 Å². The van der Waals surface area contributed by atoms with Crippen molar-refractivity contribution in [3.63, 3.8) is 0 Å². The standard InChI is InChI=1S/C21H27N3O4/c1-16(25)24(19-15-18(27-3)5-6-20(19)28-4)14-10-21(26)23(2)13-9-17-7-11-22-12-8-17/h5-8,11-12,15H,9-10,13-14H2,1-4H3. The minimum absolute atomic E-state index is 0.0258. The van der Waals surface area contributed by atoms with E-state index in [9.17, 15) is 9.59 Å². The number of likely N-dealkylation sites (N-methyl/N-ethyl adjacent to an activating group) is 1. The highest BCUT2D eigenvalue weighted by Gasteiger charge is 2.19. The fraction of sp³-hybridized carbons (Fsp3) is 0.381. The summed E-state index contributed by atoms with van der Waals surface area (Å²) in [5.41, 5.74) is 1.71. The predicted octanol–water partition coefficient (Wildman–Crippen LogP) is 2.54. The number of hydrogen-bond acceptors (Lipinski definition) is 5. The number of carbonyl (C=O) groups excluding carboxylic acids is 2. The van der Waals surface area contributed by atoms with Gasteiger partial charge >= 0.3 is 0 Å². The molecule has 7 nitrogen and oxygen atoms in total. The van der Waals surface area contributed by atoms with E-state index < -0.39 is 0 Å². The Balaban J connectivity index is 2.01. The zero-order chi connectivity index (χ0) is 20.5. The van der Waals surface area contributed by atoms with Crippen LogP contribution in [-0.2, 0) is 16.0 Å². The lowest BCUT2D eigenvalue weighted by Crippen LogP contribution is -2.35. The molecule has 2 rings (SSSR count). The normalized spacial score (nSPS) is 10.3. The van der Waals surface area contributed by atoms with Crippen LogP contribution >= 0.6 is 0 Å². The fourth-order valence-corrected chi connectivity index (χ4v) is 2.82. The predicted molar refractivity (Wildman–Crippen MR) is 108 cm³/mol. The van der Waals surface area contributed by atoms with Crippen molar-refractivity contribution in [2.45, 2.75) is 19.8 Å². The summed E-state index contributed by atoms with van der Waals surface area (Å²) in [6, 6.07) is 9.11. The van der Waals surface area contributed by atoms with Crippen LogP contribution in [0.5, 0.6) is 11.5 Å². The minimum Gasteiger partial charge on any atom is -0.497 e. The Morgan fingerprint density at radius 2 is 1.75 bits per heavy atom. The molecule has 0 saturated heterocycles. The molecule has 1 heterocycles. The molecule has 1 aromatic carbocycles. The van der Waals surface area contributed by atoms with Gasteiger partial charge in [0.2, 0.25) is 11.8 Å². The summed E-state index contributed by atoms with van der Waals surface area (Å²) in [5, 5.41) is 0. The van der Waals surface area contributed by atoms with Gasteiger partial charge in [0.05, 0.1) is 19.9 Å². The van der Waals surface area contributed by atoms with Crippen molar-refractivity contribution in [3.05, 3.63) is 48.3 Å². The van der Waals surface area contributed by atoms with Crippen LogP contribution in [0.25, 0.3) is 0 Å². The van der Waals surface area contributed by atoms with Gasteiger partial charge < -0.3 is 19.3 Å². The Morgan fingerprint density at radius 3 is 2.36 bits per heavy atom. The van der Waals surface area contributed by atoms with Gasteiger partial charge in [0.25, 0.3) is 0 Å². The topological polar surface area (TPSA) is 72.0 Å². The number of anilines is 1. The Hall–Kier alpha value is -3.09. The van der Waals surface area contributed by atoms with Gasteiger partial charge in [0.1, 0.15) is 11.5 Å². The number of aromatic nitrogens is 1. The van der Waals surface area contributed by atoms with Gasteiger partial charge in [-0.25, -0.2) is 0 Å². The molecule has 7 heteroatoms. The monoisotopic (exact) mass is 385 g/mol. The van der Waals surface area contributed by atoms with Gasteiger partial charge in [-0.3, -0.25) is 14.6 Å². The highest BCUT2D eigenvalue weighted by atomic mass is 16.5. The maximum atomic E-state index is 12.5. The lowest BCUT2D eigenvalue weighted by atomic mass is 10.2. The molecule has 150 valence electrons. The van der Waals surface area contributed by atoms with E-state index >= 15 is 0 Å². The van der Waals surface area contributed by atoms with Crippen LogP contribution in [-0.4, -0.2) is 56.1 Å². The SMILES string of the molecule is COc1ccc(OC)c(N(CCC(=O)N(C)CCc2ccncc2)C(C)=O)c1.